The van der Waals surface area contributed by atoms with Gasteiger partial charge in [0.1, 0.15) is 0 Å². The molecule has 1 aromatic rings. The zero-order valence-electron chi connectivity index (χ0n) is 10.8. The average Bonchev–Trinajstić information content (AvgIpc) is 2.59. The van der Waals surface area contributed by atoms with E-state index in [1.165, 1.54) is 0 Å². The van der Waals surface area contributed by atoms with Crippen LogP contribution in [-0.2, 0) is 0 Å². The minimum absolute atomic E-state index is 0.225. The second-order valence-corrected chi connectivity index (χ2v) is 5.26. The molecule has 1 atom stereocenters. The summed E-state index contributed by atoms with van der Waals surface area (Å²) in [7, 11) is 0. The van der Waals surface area contributed by atoms with Crippen molar-refractivity contribution in [1.82, 2.24) is 5.32 Å². The largest absolute Gasteiger partial charge is 0.396 e. The van der Waals surface area contributed by atoms with Gasteiger partial charge in [0, 0.05) is 36.4 Å². The molecule has 1 unspecified atom stereocenters. The van der Waals surface area contributed by atoms with E-state index >= 15 is 0 Å². The summed E-state index contributed by atoms with van der Waals surface area (Å²) in [5.41, 5.74) is 2.26. The summed E-state index contributed by atoms with van der Waals surface area (Å²) in [5.74, 6) is 0. The van der Waals surface area contributed by atoms with E-state index in [2.05, 4.69) is 22.3 Å². The standard InChI is InChI=1S/C14H21ClN2O/c1-11-3-4-12(9-14(11)15)17-7-2-6-16-10-13(17)5-8-18/h3-4,9,13,16,18H,2,5-8,10H2,1H3. The molecule has 3 nitrogen and oxygen atoms in total. The molecule has 1 aliphatic heterocycles. The van der Waals surface area contributed by atoms with Crippen molar-refractivity contribution in [1.29, 1.82) is 0 Å². The molecule has 2 N–H and O–H groups in total. The molecule has 18 heavy (non-hydrogen) atoms. The van der Waals surface area contributed by atoms with Crippen molar-refractivity contribution in [2.75, 3.05) is 31.1 Å². The number of aliphatic hydroxyl groups is 1. The van der Waals surface area contributed by atoms with Gasteiger partial charge in [-0.1, -0.05) is 17.7 Å². The topological polar surface area (TPSA) is 35.5 Å². The number of rotatable bonds is 3. The Morgan fingerprint density at radius 1 is 1.50 bits per heavy atom. The maximum atomic E-state index is 9.19. The summed E-state index contributed by atoms with van der Waals surface area (Å²) < 4.78 is 0. The lowest BCUT2D eigenvalue weighted by atomic mass is 10.1. The van der Waals surface area contributed by atoms with Crippen LogP contribution in [0.1, 0.15) is 18.4 Å². The normalized spacial score (nSPS) is 20.8. The van der Waals surface area contributed by atoms with Gasteiger partial charge in [-0.05, 0) is 44.0 Å². The number of benzene rings is 1. The minimum Gasteiger partial charge on any atom is -0.396 e. The number of hydrogen-bond acceptors (Lipinski definition) is 3. The van der Waals surface area contributed by atoms with E-state index in [1.807, 2.05) is 13.0 Å². The molecule has 1 fully saturated rings. The van der Waals surface area contributed by atoms with Gasteiger partial charge >= 0.3 is 0 Å². The average molecular weight is 269 g/mol. The van der Waals surface area contributed by atoms with E-state index in [0.29, 0.717) is 6.04 Å². The summed E-state index contributed by atoms with van der Waals surface area (Å²) >= 11 is 6.21. The molecule has 0 radical (unpaired) electrons. The molecule has 1 aromatic carbocycles. The highest BCUT2D eigenvalue weighted by molar-refractivity contribution is 6.31. The number of hydrogen-bond donors (Lipinski definition) is 2. The summed E-state index contributed by atoms with van der Waals surface area (Å²) in [6, 6.07) is 6.56. The number of nitrogens with one attached hydrogen (secondary N) is 1. The lowest BCUT2D eigenvalue weighted by Gasteiger charge is -2.31. The van der Waals surface area contributed by atoms with Crippen LogP contribution >= 0.6 is 11.6 Å². The van der Waals surface area contributed by atoms with Crippen molar-refractivity contribution in [3.63, 3.8) is 0 Å². The fourth-order valence-corrected chi connectivity index (χ4v) is 2.62. The van der Waals surface area contributed by atoms with Gasteiger partial charge in [0.15, 0.2) is 0 Å². The molecule has 0 aliphatic carbocycles. The van der Waals surface area contributed by atoms with Crippen LogP contribution in [0.3, 0.4) is 0 Å². The summed E-state index contributed by atoms with van der Waals surface area (Å²) in [6.07, 6.45) is 1.91. The Bertz CT molecular complexity index is 397. The molecule has 0 bridgehead atoms. The number of aryl methyl sites for hydroxylation is 1. The predicted molar refractivity (Wildman–Crippen MR) is 76.5 cm³/mol. The van der Waals surface area contributed by atoms with Crippen LogP contribution in [0, 0.1) is 6.92 Å². The first-order chi connectivity index (χ1) is 8.72. The highest BCUT2D eigenvalue weighted by Gasteiger charge is 2.20. The van der Waals surface area contributed by atoms with Gasteiger partial charge in [-0.25, -0.2) is 0 Å². The predicted octanol–water partition coefficient (Wildman–Crippen LogP) is 2.20. The Kier molecular flexibility index (Phi) is 4.87. The fraction of sp³-hybridized carbons (Fsp3) is 0.571. The van der Waals surface area contributed by atoms with Crippen molar-refractivity contribution >= 4 is 17.3 Å². The van der Waals surface area contributed by atoms with Crippen LogP contribution in [0.15, 0.2) is 18.2 Å². The molecule has 1 saturated heterocycles. The SMILES string of the molecule is Cc1ccc(N2CCCNCC2CCO)cc1Cl. The van der Waals surface area contributed by atoms with E-state index in [1.54, 1.807) is 0 Å². The van der Waals surface area contributed by atoms with Gasteiger partial charge in [-0.2, -0.15) is 0 Å². The summed E-state index contributed by atoms with van der Waals surface area (Å²) in [4.78, 5) is 2.36. The zero-order chi connectivity index (χ0) is 13.0. The second kappa shape index (κ2) is 6.41. The monoisotopic (exact) mass is 268 g/mol. The van der Waals surface area contributed by atoms with E-state index in [4.69, 9.17) is 11.6 Å². The van der Waals surface area contributed by atoms with Crippen molar-refractivity contribution in [2.24, 2.45) is 0 Å². The van der Waals surface area contributed by atoms with E-state index < -0.39 is 0 Å². The lowest BCUT2D eigenvalue weighted by molar-refractivity contribution is 0.273. The van der Waals surface area contributed by atoms with Crippen molar-refractivity contribution in [3.05, 3.63) is 28.8 Å². The van der Waals surface area contributed by atoms with Crippen molar-refractivity contribution in [3.8, 4) is 0 Å². The smallest absolute Gasteiger partial charge is 0.0455 e. The van der Waals surface area contributed by atoms with Crippen molar-refractivity contribution in [2.45, 2.75) is 25.8 Å². The maximum Gasteiger partial charge on any atom is 0.0455 e. The van der Waals surface area contributed by atoms with Gasteiger partial charge in [0.2, 0.25) is 0 Å². The van der Waals surface area contributed by atoms with Crippen LogP contribution in [0.5, 0.6) is 0 Å². The molecule has 0 spiro atoms. The number of aliphatic hydroxyl groups excluding tert-OH is 1. The zero-order valence-corrected chi connectivity index (χ0v) is 11.6. The minimum atomic E-state index is 0.225. The van der Waals surface area contributed by atoms with Crippen molar-refractivity contribution < 1.29 is 5.11 Å². The maximum absolute atomic E-state index is 9.19. The third-order valence-electron chi connectivity index (χ3n) is 3.52. The van der Waals surface area contributed by atoms with Crippen LogP contribution in [0.4, 0.5) is 5.69 Å². The van der Waals surface area contributed by atoms with E-state index in [9.17, 15) is 5.11 Å². The molecule has 0 saturated carbocycles. The van der Waals surface area contributed by atoms with Crippen LogP contribution in [0.25, 0.3) is 0 Å². The Morgan fingerprint density at radius 2 is 2.33 bits per heavy atom. The first-order valence-electron chi connectivity index (χ1n) is 6.56. The third kappa shape index (κ3) is 3.16. The van der Waals surface area contributed by atoms with E-state index in [0.717, 1.165) is 48.7 Å². The first kappa shape index (κ1) is 13.7. The van der Waals surface area contributed by atoms with Gasteiger partial charge in [0.05, 0.1) is 0 Å². The molecule has 0 aromatic heterocycles. The van der Waals surface area contributed by atoms with Gasteiger partial charge < -0.3 is 15.3 Å². The molecule has 0 amide bonds. The molecule has 1 aliphatic rings. The second-order valence-electron chi connectivity index (χ2n) is 4.85. The lowest BCUT2D eigenvalue weighted by Crippen LogP contribution is -2.40. The Hall–Kier alpha value is -0.770. The number of halogens is 1. The molecule has 1 heterocycles. The molecule has 100 valence electrons. The Balaban J connectivity index is 2.22. The summed E-state index contributed by atoms with van der Waals surface area (Å²) in [6.45, 7) is 5.21. The van der Waals surface area contributed by atoms with Gasteiger partial charge in [-0.15, -0.1) is 0 Å². The van der Waals surface area contributed by atoms with Crippen LogP contribution in [-0.4, -0.2) is 37.4 Å². The highest BCUT2D eigenvalue weighted by Crippen LogP contribution is 2.26. The van der Waals surface area contributed by atoms with Crippen LogP contribution < -0.4 is 10.2 Å². The Morgan fingerprint density at radius 3 is 3.06 bits per heavy atom. The van der Waals surface area contributed by atoms with Gasteiger partial charge in [-0.3, -0.25) is 0 Å². The Labute approximate surface area is 114 Å². The van der Waals surface area contributed by atoms with E-state index in [-0.39, 0.29) is 6.61 Å². The fourth-order valence-electron chi connectivity index (χ4n) is 2.44. The number of anilines is 1. The van der Waals surface area contributed by atoms with Crippen LogP contribution in [0.2, 0.25) is 5.02 Å². The quantitative estimate of drug-likeness (QED) is 0.882. The molecular formula is C14H21ClN2O. The summed E-state index contributed by atoms with van der Waals surface area (Å²) in [5, 5.41) is 13.4. The number of nitrogens with zero attached hydrogens (tertiary/aromatic N) is 1. The third-order valence-corrected chi connectivity index (χ3v) is 3.93. The highest BCUT2D eigenvalue weighted by atomic mass is 35.5. The first-order valence-corrected chi connectivity index (χ1v) is 6.94. The molecular weight excluding hydrogens is 248 g/mol. The molecule has 2 rings (SSSR count). The molecule has 4 heteroatoms. The van der Waals surface area contributed by atoms with Gasteiger partial charge in [0.25, 0.3) is 0 Å².